The second-order valence-corrected chi connectivity index (χ2v) is 9.38. The van der Waals surface area contributed by atoms with Gasteiger partial charge in [0, 0.05) is 17.9 Å². The topological polar surface area (TPSA) is 129 Å². The number of benzene rings is 3. The summed E-state index contributed by atoms with van der Waals surface area (Å²) >= 11 is 0. The van der Waals surface area contributed by atoms with Crippen LogP contribution < -0.4 is 19.5 Å². The molecule has 1 amide bonds. The van der Waals surface area contributed by atoms with Crippen LogP contribution >= 0.6 is 0 Å². The Morgan fingerprint density at radius 1 is 0.833 bits per heavy atom. The Morgan fingerprint density at radius 3 is 1.83 bits per heavy atom. The number of aromatic nitrogens is 2. The first-order valence-electron chi connectivity index (χ1n) is 13.3. The van der Waals surface area contributed by atoms with Gasteiger partial charge in [0.25, 0.3) is 5.91 Å². The molecule has 0 fully saturated rings. The summed E-state index contributed by atoms with van der Waals surface area (Å²) in [6, 6.07) is 24.6. The minimum absolute atomic E-state index is 0.0356. The number of hydrogen-bond donors (Lipinski definition) is 2. The second kappa shape index (κ2) is 13.6. The van der Waals surface area contributed by atoms with Gasteiger partial charge in [-0.05, 0) is 43.2 Å². The molecule has 10 nitrogen and oxygen atoms in total. The normalized spacial score (nSPS) is 11.8. The van der Waals surface area contributed by atoms with Crippen LogP contribution in [0.5, 0.6) is 17.5 Å². The molecular formula is C32H33N3O7. The van der Waals surface area contributed by atoms with E-state index in [9.17, 15) is 14.7 Å². The number of carboxylic acids is 1. The molecule has 10 heteroatoms. The third-order valence-corrected chi connectivity index (χ3v) is 6.56. The van der Waals surface area contributed by atoms with Crippen LogP contribution in [-0.2, 0) is 15.1 Å². The van der Waals surface area contributed by atoms with Gasteiger partial charge in [0.15, 0.2) is 5.60 Å². The van der Waals surface area contributed by atoms with Crippen LogP contribution in [0.15, 0.2) is 84.9 Å². The summed E-state index contributed by atoms with van der Waals surface area (Å²) in [6.45, 7) is 3.51. The fourth-order valence-electron chi connectivity index (χ4n) is 4.78. The van der Waals surface area contributed by atoms with Gasteiger partial charge in [-0.1, -0.05) is 66.7 Å². The van der Waals surface area contributed by atoms with Crippen LogP contribution in [0.1, 0.15) is 32.9 Å². The molecule has 3 aromatic carbocycles. The van der Waals surface area contributed by atoms with Crippen molar-refractivity contribution in [3.05, 3.63) is 113 Å². The number of amides is 1. The predicted octanol–water partition coefficient (Wildman–Crippen LogP) is 4.33. The molecule has 4 rings (SSSR count). The van der Waals surface area contributed by atoms with Crippen molar-refractivity contribution in [3.8, 4) is 17.5 Å². The number of hydrogen-bond acceptors (Lipinski definition) is 8. The highest BCUT2D eigenvalue weighted by Crippen LogP contribution is 2.39. The van der Waals surface area contributed by atoms with Gasteiger partial charge in [-0.2, -0.15) is 0 Å². The molecule has 0 bridgehead atoms. The third-order valence-electron chi connectivity index (χ3n) is 6.56. The number of carboxylic acid groups (broad SMARTS) is 1. The fraction of sp³-hybridized carbons (Fsp3) is 0.250. The Kier molecular flexibility index (Phi) is 9.72. The number of nitrogens with zero attached hydrogens (tertiary/aromatic N) is 2. The minimum Gasteiger partial charge on any atom is -0.496 e. The van der Waals surface area contributed by atoms with Crippen molar-refractivity contribution in [1.82, 2.24) is 15.3 Å². The molecule has 42 heavy (non-hydrogen) atoms. The smallest absolute Gasteiger partial charge is 0.348 e. The predicted molar refractivity (Wildman–Crippen MR) is 155 cm³/mol. The number of carbonyl (C=O) groups excluding carboxylic acids is 1. The van der Waals surface area contributed by atoms with E-state index in [-0.39, 0.29) is 24.7 Å². The second-order valence-electron chi connectivity index (χ2n) is 9.38. The summed E-state index contributed by atoms with van der Waals surface area (Å²) in [5, 5.41) is 13.4. The van der Waals surface area contributed by atoms with Crippen LogP contribution in [0.2, 0.25) is 0 Å². The summed E-state index contributed by atoms with van der Waals surface area (Å²) < 4.78 is 23.3. The van der Waals surface area contributed by atoms with Crippen LogP contribution in [0, 0.1) is 13.8 Å². The maximum Gasteiger partial charge on any atom is 0.348 e. The van der Waals surface area contributed by atoms with Gasteiger partial charge in [-0.15, -0.1) is 0 Å². The Hall–Kier alpha value is -4.96. The van der Waals surface area contributed by atoms with Crippen LogP contribution in [0.3, 0.4) is 0 Å². The Morgan fingerprint density at radius 2 is 1.36 bits per heavy atom. The SMILES string of the molecule is COc1cccc(OC)c1C(=O)NCCOC(c1ccccc1)(c1ccccc1)C(Oc1nc(C)cc(C)n1)C(=O)O. The summed E-state index contributed by atoms with van der Waals surface area (Å²) in [4.78, 5) is 34.7. The molecular weight excluding hydrogens is 538 g/mol. The van der Waals surface area contributed by atoms with Crippen LogP contribution in [-0.4, -0.2) is 60.4 Å². The van der Waals surface area contributed by atoms with Crippen molar-refractivity contribution in [1.29, 1.82) is 0 Å². The van der Waals surface area contributed by atoms with Crippen molar-refractivity contribution >= 4 is 11.9 Å². The van der Waals surface area contributed by atoms with E-state index < -0.39 is 23.6 Å². The molecule has 4 aromatic rings. The number of nitrogens with one attached hydrogen (secondary N) is 1. The molecule has 1 unspecified atom stereocenters. The van der Waals surface area contributed by atoms with Crippen molar-refractivity contribution < 1.29 is 33.6 Å². The lowest BCUT2D eigenvalue weighted by atomic mass is 9.81. The average molecular weight is 572 g/mol. The molecule has 218 valence electrons. The van der Waals surface area contributed by atoms with E-state index >= 15 is 0 Å². The number of aliphatic carboxylic acids is 1. The van der Waals surface area contributed by atoms with Crippen molar-refractivity contribution in [3.63, 3.8) is 0 Å². The summed E-state index contributed by atoms with van der Waals surface area (Å²) in [7, 11) is 2.93. The first-order chi connectivity index (χ1) is 20.3. The molecule has 0 aliphatic heterocycles. The van der Waals surface area contributed by atoms with E-state index in [0.717, 1.165) is 0 Å². The molecule has 1 aromatic heterocycles. The van der Waals surface area contributed by atoms with E-state index in [4.69, 9.17) is 18.9 Å². The highest BCUT2D eigenvalue weighted by atomic mass is 16.6. The number of carbonyl (C=O) groups is 2. The van der Waals surface area contributed by atoms with E-state index in [1.54, 1.807) is 86.6 Å². The average Bonchev–Trinajstić information content (AvgIpc) is 3.00. The van der Waals surface area contributed by atoms with Gasteiger partial charge >= 0.3 is 12.0 Å². The largest absolute Gasteiger partial charge is 0.496 e. The standard InChI is InChI=1S/C32H33N3O7/c1-21-20-22(2)35-31(34-21)42-28(30(37)38)32(23-12-7-5-8-13-23,24-14-9-6-10-15-24)41-19-18-33-29(36)27-25(39-3)16-11-17-26(27)40-4/h5-17,20,28H,18-19H2,1-4H3,(H,33,36)(H,37,38). The zero-order valence-corrected chi connectivity index (χ0v) is 23.9. The number of aryl methyl sites for hydroxylation is 2. The van der Waals surface area contributed by atoms with Crippen LogP contribution in [0.25, 0.3) is 0 Å². The van der Waals surface area contributed by atoms with E-state index in [0.29, 0.717) is 34.0 Å². The lowest BCUT2D eigenvalue weighted by molar-refractivity contribution is -0.164. The zero-order chi connectivity index (χ0) is 30.1. The summed E-state index contributed by atoms with van der Waals surface area (Å²) in [5.74, 6) is -1.02. The number of ether oxygens (including phenoxy) is 4. The quantitative estimate of drug-likeness (QED) is 0.225. The maximum absolute atomic E-state index is 13.2. The number of rotatable bonds is 13. The number of methoxy groups -OCH3 is 2. The summed E-state index contributed by atoms with van der Waals surface area (Å²) in [6.07, 6.45) is -1.60. The molecule has 0 aliphatic carbocycles. The Balaban J connectivity index is 1.71. The zero-order valence-electron chi connectivity index (χ0n) is 23.9. The fourth-order valence-corrected chi connectivity index (χ4v) is 4.78. The van der Waals surface area contributed by atoms with Gasteiger partial charge in [-0.25, -0.2) is 14.8 Å². The first kappa shape index (κ1) is 30.0. The molecule has 0 saturated heterocycles. The van der Waals surface area contributed by atoms with Crippen molar-refractivity contribution in [2.24, 2.45) is 0 Å². The third kappa shape index (κ3) is 6.50. The molecule has 1 atom stereocenters. The molecule has 0 radical (unpaired) electrons. The van der Waals surface area contributed by atoms with Gasteiger partial charge in [0.2, 0.25) is 6.10 Å². The monoisotopic (exact) mass is 571 g/mol. The van der Waals surface area contributed by atoms with E-state index in [2.05, 4.69) is 15.3 Å². The molecule has 0 aliphatic rings. The first-order valence-corrected chi connectivity index (χ1v) is 13.3. The molecule has 2 N–H and O–H groups in total. The lowest BCUT2D eigenvalue weighted by Crippen LogP contribution is -2.52. The molecule has 0 spiro atoms. The van der Waals surface area contributed by atoms with Crippen molar-refractivity contribution in [2.75, 3.05) is 27.4 Å². The van der Waals surface area contributed by atoms with Crippen LogP contribution in [0.4, 0.5) is 0 Å². The van der Waals surface area contributed by atoms with Gasteiger partial charge in [0.05, 0.1) is 20.8 Å². The van der Waals surface area contributed by atoms with Gasteiger partial charge < -0.3 is 29.4 Å². The van der Waals surface area contributed by atoms with Crippen molar-refractivity contribution in [2.45, 2.75) is 25.6 Å². The van der Waals surface area contributed by atoms with E-state index in [1.165, 1.54) is 14.2 Å². The Bertz CT molecular complexity index is 1430. The van der Waals surface area contributed by atoms with E-state index in [1.807, 2.05) is 12.1 Å². The highest BCUT2D eigenvalue weighted by Gasteiger charge is 2.50. The molecule has 0 saturated carbocycles. The summed E-state index contributed by atoms with van der Waals surface area (Å²) in [5.41, 5.74) is 0.904. The molecule has 1 heterocycles. The van der Waals surface area contributed by atoms with Gasteiger partial charge in [0.1, 0.15) is 17.1 Å². The van der Waals surface area contributed by atoms with Gasteiger partial charge in [-0.3, -0.25) is 4.79 Å². The minimum atomic E-state index is -1.65. The lowest BCUT2D eigenvalue weighted by Gasteiger charge is -2.39. The maximum atomic E-state index is 13.2. The Labute approximate surface area is 244 Å². The highest BCUT2D eigenvalue weighted by molar-refractivity contribution is 5.99.